The fourth-order valence-electron chi connectivity index (χ4n) is 7.72. The smallest absolute Gasteiger partial charge is 0.358 e. The van der Waals surface area contributed by atoms with Crippen molar-refractivity contribution in [2.45, 2.75) is 71.4 Å². The van der Waals surface area contributed by atoms with E-state index in [1.165, 1.54) is 16.2 Å². The first-order valence-electron chi connectivity index (χ1n) is 19.5. The molecule has 4 heterocycles. The molecule has 58 heavy (non-hydrogen) atoms. The number of likely N-dealkylation sites (tertiary alicyclic amines) is 1. The van der Waals surface area contributed by atoms with Crippen LogP contribution >= 0.6 is 11.3 Å². The van der Waals surface area contributed by atoms with Gasteiger partial charge in [-0.05, 0) is 119 Å². The molecule has 1 unspecified atom stereocenters. The number of amides is 1. The number of carbonyl (C=O) groups excluding carboxylic acids is 2. The molecule has 0 spiro atoms. The zero-order chi connectivity index (χ0) is 41.2. The standard InChI is InChI=1S/C44H47F2N5O6S/c1-27-30(12-8-15-35(27)56-23-9-11-29-20-21-50(25-38(52)53)26-44(29,45)46)31-17-18-37(48-39(31)41(55)57-43(2,3)4)51-22-19-28-10-7-13-32(33(28)24-51)40(54)49-42-47-34-14-5-6-16-36(34)58-42/h5-8,10,12-18,29H,9,11,19-26H2,1-4H3,(H,52,53)(H,47,49,54). The van der Waals surface area contributed by atoms with Crippen molar-refractivity contribution in [3.8, 4) is 16.9 Å². The van der Waals surface area contributed by atoms with Crippen LogP contribution in [0, 0.1) is 12.8 Å². The van der Waals surface area contributed by atoms with Crippen molar-refractivity contribution < 1.29 is 37.7 Å². The summed E-state index contributed by atoms with van der Waals surface area (Å²) < 4.78 is 42.7. The maximum atomic E-state index is 14.9. The number of piperidine rings is 1. The van der Waals surface area contributed by atoms with Crippen molar-refractivity contribution in [3.05, 3.63) is 101 Å². The van der Waals surface area contributed by atoms with Crippen molar-refractivity contribution >= 4 is 50.3 Å². The molecule has 7 rings (SSSR count). The number of nitrogens with one attached hydrogen (secondary N) is 1. The van der Waals surface area contributed by atoms with Gasteiger partial charge in [0.05, 0.1) is 29.9 Å². The Morgan fingerprint density at radius 2 is 1.78 bits per heavy atom. The third kappa shape index (κ3) is 9.29. The number of hydrogen-bond acceptors (Lipinski definition) is 10. The van der Waals surface area contributed by atoms with E-state index >= 15 is 0 Å². The first kappa shape index (κ1) is 40.7. The number of aromatic nitrogens is 2. The van der Waals surface area contributed by atoms with Gasteiger partial charge in [-0.25, -0.2) is 23.5 Å². The van der Waals surface area contributed by atoms with E-state index in [-0.39, 0.29) is 31.0 Å². The molecule has 1 fully saturated rings. The molecule has 3 aromatic carbocycles. The number of nitrogens with zero attached hydrogens (tertiary/aromatic N) is 4. The maximum absolute atomic E-state index is 14.9. The Bertz CT molecular complexity index is 2310. The second-order valence-corrected chi connectivity index (χ2v) is 16.9. The lowest BCUT2D eigenvalue weighted by Gasteiger charge is -2.37. The number of alkyl halides is 2. The number of halogens is 2. The lowest BCUT2D eigenvalue weighted by atomic mass is 9.88. The fraction of sp³-hybridized carbons (Fsp3) is 0.386. The van der Waals surface area contributed by atoms with E-state index < -0.39 is 42.5 Å². The van der Waals surface area contributed by atoms with Gasteiger partial charge in [0.25, 0.3) is 11.8 Å². The zero-order valence-electron chi connectivity index (χ0n) is 33.0. The maximum Gasteiger partial charge on any atom is 0.358 e. The molecule has 2 N–H and O–H groups in total. The quantitative estimate of drug-likeness (QED) is 0.0932. The van der Waals surface area contributed by atoms with Gasteiger partial charge in [-0.15, -0.1) is 0 Å². The van der Waals surface area contributed by atoms with Gasteiger partial charge in [-0.1, -0.05) is 47.7 Å². The number of aliphatic carboxylic acids is 1. The lowest BCUT2D eigenvalue weighted by molar-refractivity contribution is -0.145. The summed E-state index contributed by atoms with van der Waals surface area (Å²) in [5.41, 5.74) is 4.70. The minimum Gasteiger partial charge on any atom is -0.493 e. The Morgan fingerprint density at radius 1 is 0.983 bits per heavy atom. The van der Waals surface area contributed by atoms with E-state index in [2.05, 4.69) is 15.2 Å². The number of carboxylic acid groups (broad SMARTS) is 1. The number of ether oxygens (including phenoxy) is 2. The molecule has 0 aliphatic carbocycles. The number of para-hydroxylation sites is 1. The SMILES string of the molecule is Cc1c(OCCCC2CCN(CC(=O)O)CC2(F)F)cccc1-c1ccc(N2CCc3cccc(C(=O)Nc4nc5ccccc5s4)c3C2)nc1C(=O)OC(C)(C)C. The summed E-state index contributed by atoms with van der Waals surface area (Å²) in [4.78, 5) is 51.4. The third-order valence-corrected chi connectivity index (χ3v) is 11.5. The highest BCUT2D eigenvalue weighted by molar-refractivity contribution is 7.22. The summed E-state index contributed by atoms with van der Waals surface area (Å²) in [7, 11) is 0. The molecule has 5 aromatic rings. The fourth-order valence-corrected chi connectivity index (χ4v) is 8.58. The van der Waals surface area contributed by atoms with E-state index in [1.54, 1.807) is 20.8 Å². The molecule has 1 atom stereocenters. The van der Waals surface area contributed by atoms with E-state index in [9.17, 15) is 23.2 Å². The summed E-state index contributed by atoms with van der Waals surface area (Å²) in [6.07, 6.45) is 1.53. The minimum absolute atomic E-state index is 0.136. The highest BCUT2D eigenvalue weighted by atomic mass is 32.1. The van der Waals surface area contributed by atoms with Gasteiger partial charge in [0.2, 0.25) is 0 Å². The zero-order valence-corrected chi connectivity index (χ0v) is 33.8. The number of fused-ring (bicyclic) bond motifs is 2. The second-order valence-electron chi connectivity index (χ2n) is 15.9. The van der Waals surface area contributed by atoms with Crippen molar-refractivity contribution in [1.82, 2.24) is 14.9 Å². The summed E-state index contributed by atoms with van der Waals surface area (Å²) in [6.45, 7) is 7.86. The Balaban J connectivity index is 1.09. The van der Waals surface area contributed by atoms with Gasteiger partial charge in [-0.2, -0.15) is 0 Å². The number of benzene rings is 3. The molecule has 0 bridgehead atoms. The van der Waals surface area contributed by atoms with Crippen LogP contribution in [0.15, 0.2) is 72.8 Å². The molecule has 1 amide bonds. The molecule has 0 saturated carbocycles. The first-order chi connectivity index (χ1) is 27.6. The minimum atomic E-state index is -2.98. The van der Waals surface area contributed by atoms with E-state index in [0.717, 1.165) is 26.9 Å². The number of pyridine rings is 1. The molecule has 11 nitrogen and oxygen atoms in total. The van der Waals surface area contributed by atoms with Crippen LogP contribution in [0.3, 0.4) is 0 Å². The summed E-state index contributed by atoms with van der Waals surface area (Å²) >= 11 is 1.42. The number of carbonyl (C=O) groups is 3. The van der Waals surface area contributed by atoms with E-state index in [4.69, 9.17) is 19.6 Å². The Hall–Kier alpha value is -5.47. The van der Waals surface area contributed by atoms with Crippen molar-refractivity contribution in [2.75, 3.05) is 43.0 Å². The number of anilines is 2. The Labute approximate surface area is 340 Å². The number of thiazole rings is 1. The van der Waals surface area contributed by atoms with Crippen molar-refractivity contribution in [2.24, 2.45) is 5.92 Å². The average molecular weight is 812 g/mol. The number of esters is 1. The van der Waals surface area contributed by atoms with Crippen LogP contribution in [0.4, 0.5) is 19.7 Å². The predicted molar refractivity (Wildman–Crippen MR) is 220 cm³/mol. The van der Waals surface area contributed by atoms with Crippen LogP contribution in [0.5, 0.6) is 5.75 Å². The molecule has 0 radical (unpaired) electrons. The van der Waals surface area contributed by atoms with Crippen molar-refractivity contribution in [3.63, 3.8) is 0 Å². The van der Waals surface area contributed by atoms with E-state index in [1.807, 2.05) is 79.7 Å². The highest BCUT2D eigenvalue weighted by Gasteiger charge is 2.44. The largest absolute Gasteiger partial charge is 0.493 e. The van der Waals surface area contributed by atoms with Gasteiger partial charge in [-0.3, -0.25) is 19.8 Å². The van der Waals surface area contributed by atoms with Crippen LogP contribution in [-0.4, -0.2) is 82.1 Å². The van der Waals surface area contributed by atoms with E-state index in [0.29, 0.717) is 65.9 Å². The van der Waals surface area contributed by atoms with Gasteiger partial charge in [0.15, 0.2) is 10.8 Å². The van der Waals surface area contributed by atoms with Crippen molar-refractivity contribution in [1.29, 1.82) is 0 Å². The summed E-state index contributed by atoms with van der Waals surface area (Å²) in [5.74, 6) is -4.65. The Kier molecular flexibility index (Phi) is 11.8. The topological polar surface area (TPSA) is 134 Å². The monoisotopic (exact) mass is 811 g/mol. The van der Waals surface area contributed by atoms with Crippen LogP contribution in [0.25, 0.3) is 21.3 Å². The van der Waals surface area contributed by atoms with Crippen LogP contribution in [0.2, 0.25) is 0 Å². The number of rotatable bonds is 12. The van der Waals surface area contributed by atoms with Gasteiger partial charge in [0, 0.05) is 30.1 Å². The van der Waals surface area contributed by atoms with Gasteiger partial charge >= 0.3 is 11.9 Å². The van der Waals surface area contributed by atoms with Gasteiger partial charge < -0.3 is 19.5 Å². The molecule has 1 saturated heterocycles. The van der Waals surface area contributed by atoms with Crippen LogP contribution in [-0.2, 0) is 22.5 Å². The Morgan fingerprint density at radius 3 is 2.53 bits per heavy atom. The average Bonchev–Trinajstić information content (AvgIpc) is 3.58. The predicted octanol–water partition coefficient (Wildman–Crippen LogP) is 8.64. The molecule has 2 aromatic heterocycles. The molecule has 14 heteroatoms. The normalized spacial score (nSPS) is 16.8. The molecule has 2 aliphatic heterocycles. The van der Waals surface area contributed by atoms with Gasteiger partial charge in [0.1, 0.15) is 17.2 Å². The molecular weight excluding hydrogens is 765 g/mol. The molecule has 304 valence electrons. The highest BCUT2D eigenvalue weighted by Crippen LogP contribution is 2.38. The molecular formula is C44H47F2N5O6S. The second kappa shape index (κ2) is 16.8. The number of carboxylic acids is 1. The summed E-state index contributed by atoms with van der Waals surface area (Å²) in [5, 5.41) is 12.5. The number of hydrogen-bond donors (Lipinski definition) is 2. The van der Waals surface area contributed by atoms with Crippen LogP contribution in [0.1, 0.15) is 77.6 Å². The lowest BCUT2D eigenvalue weighted by Crippen LogP contribution is -2.50. The molecule has 2 aliphatic rings. The third-order valence-electron chi connectivity index (χ3n) is 10.5. The first-order valence-corrected chi connectivity index (χ1v) is 20.3. The summed E-state index contributed by atoms with van der Waals surface area (Å²) in [6, 6.07) is 22.7. The van der Waals surface area contributed by atoms with Crippen LogP contribution < -0.4 is 15.0 Å².